The van der Waals surface area contributed by atoms with Gasteiger partial charge in [0.1, 0.15) is 0 Å². The third kappa shape index (κ3) is 5.33. The predicted molar refractivity (Wildman–Crippen MR) is 102 cm³/mol. The number of hydrogen-bond donors (Lipinski definition) is 2. The first-order valence-corrected chi connectivity index (χ1v) is 8.85. The molecule has 132 valence electrons. The molecule has 2 aromatic carbocycles. The number of hydrogen-bond acceptors (Lipinski definition) is 2. The van der Waals surface area contributed by atoms with Crippen molar-refractivity contribution < 1.29 is 9.59 Å². The van der Waals surface area contributed by atoms with Crippen LogP contribution in [0.1, 0.15) is 52.5 Å². The fraction of sp³-hybridized carbons (Fsp3) is 0.300. The number of carbonyl (C=O) groups excluding carboxylic acids is 2. The summed E-state index contributed by atoms with van der Waals surface area (Å²) in [6.45, 7) is 4.64. The minimum absolute atomic E-state index is 0.117. The van der Waals surface area contributed by atoms with E-state index in [4.69, 9.17) is 11.6 Å². The van der Waals surface area contributed by atoms with E-state index in [1.54, 1.807) is 42.5 Å². The third-order valence-electron chi connectivity index (χ3n) is 3.99. The molecule has 5 heteroatoms. The molecule has 0 unspecified atom stereocenters. The maximum Gasteiger partial charge on any atom is 0.255 e. The molecule has 0 aliphatic heterocycles. The van der Waals surface area contributed by atoms with E-state index in [0.717, 1.165) is 24.8 Å². The fourth-order valence-electron chi connectivity index (χ4n) is 2.39. The molecular formula is C20H23ClN2O2. The van der Waals surface area contributed by atoms with Gasteiger partial charge in [-0.1, -0.05) is 37.4 Å². The van der Waals surface area contributed by atoms with Gasteiger partial charge < -0.3 is 10.6 Å². The first-order chi connectivity index (χ1) is 12.0. The van der Waals surface area contributed by atoms with Crippen LogP contribution in [-0.2, 0) is 0 Å². The molecule has 0 bridgehead atoms. The van der Waals surface area contributed by atoms with Gasteiger partial charge in [-0.15, -0.1) is 0 Å². The van der Waals surface area contributed by atoms with Gasteiger partial charge in [0.05, 0.1) is 0 Å². The van der Waals surface area contributed by atoms with Crippen LogP contribution in [0.15, 0.2) is 42.5 Å². The largest absolute Gasteiger partial charge is 0.352 e. The number of rotatable bonds is 7. The number of benzene rings is 2. The Bertz CT molecular complexity index is 742. The standard InChI is InChI=1S/C20H23ClN2O2/c1-3-4-5-13-22-19(24)15-9-11-16(12-10-15)20(25)23-18-8-6-7-17(21)14(18)2/h6-12H,3-5,13H2,1-2H3,(H,22,24)(H,23,25). The number of anilines is 1. The van der Waals surface area contributed by atoms with Crippen LogP contribution in [-0.4, -0.2) is 18.4 Å². The minimum Gasteiger partial charge on any atom is -0.352 e. The zero-order chi connectivity index (χ0) is 18.2. The molecule has 0 saturated carbocycles. The van der Waals surface area contributed by atoms with Crippen LogP contribution < -0.4 is 10.6 Å². The Balaban J connectivity index is 1.98. The van der Waals surface area contributed by atoms with E-state index in [1.807, 2.05) is 6.92 Å². The average molecular weight is 359 g/mol. The second kappa shape index (κ2) is 9.23. The maximum atomic E-state index is 12.3. The lowest BCUT2D eigenvalue weighted by Crippen LogP contribution is -2.24. The van der Waals surface area contributed by atoms with E-state index in [1.165, 1.54) is 0 Å². The number of nitrogens with one attached hydrogen (secondary N) is 2. The Morgan fingerprint density at radius 2 is 1.60 bits per heavy atom. The van der Waals surface area contributed by atoms with Crippen LogP contribution in [0.2, 0.25) is 5.02 Å². The lowest BCUT2D eigenvalue weighted by molar-refractivity contribution is 0.0951. The molecule has 2 N–H and O–H groups in total. The number of unbranched alkanes of at least 4 members (excludes halogenated alkanes) is 2. The van der Waals surface area contributed by atoms with Crippen molar-refractivity contribution in [3.63, 3.8) is 0 Å². The highest BCUT2D eigenvalue weighted by Crippen LogP contribution is 2.23. The summed E-state index contributed by atoms with van der Waals surface area (Å²) in [6, 6.07) is 12.0. The van der Waals surface area contributed by atoms with E-state index in [2.05, 4.69) is 17.6 Å². The van der Waals surface area contributed by atoms with Gasteiger partial charge in [-0.3, -0.25) is 9.59 Å². The number of halogens is 1. The summed E-state index contributed by atoms with van der Waals surface area (Å²) in [5.74, 6) is -0.353. The molecule has 0 aliphatic rings. The molecule has 25 heavy (non-hydrogen) atoms. The second-order valence-corrected chi connectivity index (χ2v) is 6.31. The second-order valence-electron chi connectivity index (χ2n) is 5.91. The molecular weight excluding hydrogens is 336 g/mol. The van der Waals surface area contributed by atoms with Crippen molar-refractivity contribution in [2.75, 3.05) is 11.9 Å². The van der Waals surface area contributed by atoms with Crippen LogP contribution in [0, 0.1) is 6.92 Å². The summed E-state index contributed by atoms with van der Waals surface area (Å²) >= 11 is 6.06. The number of carbonyl (C=O) groups is 2. The Morgan fingerprint density at radius 3 is 2.24 bits per heavy atom. The summed E-state index contributed by atoms with van der Waals surface area (Å²) in [6.07, 6.45) is 3.19. The van der Waals surface area contributed by atoms with Crippen molar-refractivity contribution in [1.29, 1.82) is 0 Å². The van der Waals surface area contributed by atoms with E-state index < -0.39 is 0 Å². The SMILES string of the molecule is CCCCCNC(=O)c1ccc(C(=O)Nc2cccc(Cl)c2C)cc1. The molecule has 0 spiro atoms. The van der Waals surface area contributed by atoms with Crippen LogP contribution in [0.5, 0.6) is 0 Å². The minimum atomic E-state index is -0.236. The van der Waals surface area contributed by atoms with E-state index >= 15 is 0 Å². The van der Waals surface area contributed by atoms with Gasteiger partial charge in [0.25, 0.3) is 11.8 Å². The van der Waals surface area contributed by atoms with E-state index in [9.17, 15) is 9.59 Å². The normalized spacial score (nSPS) is 10.4. The monoisotopic (exact) mass is 358 g/mol. The Morgan fingerprint density at radius 1 is 0.960 bits per heavy atom. The molecule has 0 aromatic heterocycles. The van der Waals surface area contributed by atoms with Crippen molar-refractivity contribution in [2.45, 2.75) is 33.1 Å². The molecule has 2 aromatic rings. The average Bonchev–Trinajstić information content (AvgIpc) is 2.62. The maximum absolute atomic E-state index is 12.3. The lowest BCUT2D eigenvalue weighted by atomic mass is 10.1. The van der Waals surface area contributed by atoms with Gasteiger partial charge in [0, 0.05) is 28.4 Å². The van der Waals surface area contributed by atoms with Crippen molar-refractivity contribution in [2.24, 2.45) is 0 Å². The van der Waals surface area contributed by atoms with Gasteiger partial charge in [-0.05, 0) is 55.3 Å². The van der Waals surface area contributed by atoms with E-state index in [0.29, 0.717) is 28.4 Å². The molecule has 0 fully saturated rings. The smallest absolute Gasteiger partial charge is 0.255 e. The first kappa shape index (κ1) is 19.0. The highest BCUT2D eigenvalue weighted by Gasteiger charge is 2.11. The zero-order valence-corrected chi connectivity index (χ0v) is 15.3. The highest BCUT2D eigenvalue weighted by molar-refractivity contribution is 6.31. The molecule has 4 nitrogen and oxygen atoms in total. The molecule has 0 aliphatic carbocycles. The Labute approximate surface area is 153 Å². The first-order valence-electron chi connectivity index (χ1n) is 8.47. The topological polar surface area (TPSA) is 58.2 Å². The van der Waals surface area contributed by atoms with Gasteiger partial charge in [-0.25, -0.2) is 0 Å². The zero-order valence-electron chi connectivity index (χ0n) is 14.6. The molecule has 2 amide bonds. The number of amides is 2. The van der Waals surface area contributed by atoms with Gasteiger partial charge in [-0.2, -0.15) is 0 Å². The van der Waals surface area contributed by atoms with Crippen molar-refractivity contribution in [3.8, 4) is 0 Å². The summed E-state index contributed by atoms with van der Waals surface area (Å²) in [5, 5.41) is 6.33. The van der Waals surface area contributed by atoms with Gasteiger partial charge in [0.15, 0.2) is 0 Å². The van der Waals surface area contributed by atoms with Crippen molar-refractivity contribution in [1.82, 2.24) is 5.32 Å². The highest BCUT2D eigenvalue weighted by atomic mass is 35.5. The van der Waals surface area contributed by atoms with Gasteiger partial charge >= 0.3 is 0 Å². The molecule has 0 atom stereocenters. The van der Waals surface area contributed by atoms with Crippen molar-refractivity contribution >= 4 is 29.1 Å². The Kier molecular flexibility index (Phi) is 7.02. The van der Waals surface area contributed by atoms with Crippen molar-refractivity contribution in [3.05, 3.63) is 64.2 Å². The predicted octanol–water partition coefficient (Wildman–Crippen LogP) is 4.82. The lowest BCUT2D eigenvalue weighted by Gasteiger charge is -2.10. The van der Waals surface area contributed by atoms with E-state index in [-0.39, 0.29) is 11.8 Å². The van der Waals surface area contributed by atoms with Crippen LogP contribution >= 0.6 is 11.6 Å². The molecule has 0 radical (unpaired) electrons. The quantitative estimate of drug-likeness (QED) is 0.697. The van der Waals surface area contributed by atoms with Crippen LogP contribution in [0.25, 0.3) is 0 Å². The molecule has 2 rings (SSSR count). The third-order valence-corrected chi connectivity index (χ3v) is 4.40. The fourth-order valence-corrected chi connectivity index (χ4v) is 2.56. The summed E-state index contributed by atoms with van der Waals surface area (Å²) in [7, 11) is 0. The summed E-state index contributed by atoms with van der Waals surface area (Å²) in [5.41, 5.74) is 2.53. The summed E-state index contributed by atoms with van der Waals surface area (Å²) in [4.78, 5) is 24.4. The molecule has 0 heterocycles. The Hall–Kier alpha value is -2.33. The van der Waals surface area contributed by atoms with Gasteiger partial charge in [0.2, 0.25) is 0 Å². The summed E-state index contributed by atoms with van der Waals surface area (Å²) < 4.78 is 0. The van der Waals surface area contributed by atoms with Crippen LogP contribution in [0.3, 0.4) is 0 Å². The molecule has 0 saturated heterocycles. The van der Waals surface area contributed by atoms with Crippen LogP contribution in [0.4, 0.5) is 5.69 Å².